The van der Waals surface area contributed by atoms with Crippen molar-refractivity contribution in [3.05, 3.63) is 0 Å². The fourth-order valence-electron chi connectivity index (χ4n) is 4.17. The molecule has 0 aliphatic heterocycles. The maximum atomic E-state index is 12.0. The van der Waals surface area contributed by atoms with Crippen LogP contribution in [0, 0.1) is 0 Å². The number of carbonyl (C=O) groups is 2. The summed E-state index contributed by atoms with van der Waals surface area (Å²) >= 11 is 0. The van der Waals surface area contributed by atoms with Gasteiger partial charge < -0.3 is 49.7 Å². The molecule has 226 valence electrons. The Balaban J connectivity index is 4.69. The number of primary amides is 2. The van der Waals surface area contributed by atoms with Crippen LogP contribution in [0.4, 0.5) is 9.59 Å². The molecule has 38 heavy (non-hydrogen) atoms. The Bertz CT molecular complexity index is 540. The standard InChI is InChI=1S/C26H54N4O8/c1-7-33-25(34-8-2,35-9-3)17-21-29(23(27)31)19-15-13-14-16-20-30(24(28)32)22-18-26(36-10-4,37-11-5)38-12-6/h7-22H2,1-6H3,(H2,27,31)(H2,28,32). The first-order valence-electron chi connectivity index (χ1n) is 14.1. The summed E-state index contributed by atoms with van der Waals surface area (Å²) in [6, 6.07) is -0.991. The molecule has 0 aromatic carbocycles. The van der Waals surface area contributed by atoms with Gasteiger partial charge in [0.1, 0.15) is 0 Å². The summed E-state index contributed by atoms with van der Waals surface area (Å²) in [5, 5.41) is 0. The number of rotatable bonds is 25. The van der Waals surface area contributed by atoms with Gasteiger partial charge in [-0.25, -0.2) is 9.59 Å². The van der Waals surface area contributed by atoms with E-state index in [1.165, 1.54) is 0 Å². The van der Waals surface area contributed by atoms with Crippen LogP contribution in [0.15, 0.2) is 0 Å². The topological polar surface area (TPSA) is 148 Å². The number of unbranched alkanes of at least 4 members (excludes halogenated alkanes) is 3. The highest BCUT2D eigenvalue weighted by atomic mass is 16.9. The van der Waals surface area contributed by atoms with Gasteiger partial charge in [0.2, 0.25) is 0 Å². The second kappa shape index (κ2) is 21.2. The molecule has 0 rings (SSSR count). The number of urea groups is 2. The second-order valence-corrected chi connectivity index (χ2v) is 8.53. The molecular formula is C26H54N4O8. The molecule has 0 fully saturated rings. The summed E-state index contributed by atoms with van der Waals surface area (Å²) in [5.41, 5.74) is 11.2. The highest BCUT2D eigenvalue weighted by Gasteiger charge is 2.34. The molecule has 4 N–H and O–H groups in total. The number of nitrogens with two attached hydrogens (primary N) is 2. The first kappa shape index (κ1) is 36.3. The van der Waals surface area contributed by atoms with Crippen LogP contribution in [-0.2, 0) is 28.4 Å². The van der Waals surface area contributed by atoms with E-state index in [0.29, 0.717) is 78.7 Å². The summed E-state index contributed by atoms with van der Waals surface area (Å²) in [4.78, 5) is 27.2. The van der Waals surface area contributed by atoms with E-state index >= 15 is 0 Å². The lowest BCUT2D eigenvalue weighted by atomic mass is 10.1. The molecule has 0 radical (unpaired) electrons. The number of hydrogen-bond donors (Lipinski definition) is 2. The van der Waals surface area contributed by atoms with Crippen molar-refractivity contribution in [3.63, 3.8) is 0 Å². The average Bonchev–Trinajstić information content (AvgIpc) is 2.85. The quantitative estimate of drug-likeness (QED) is 0.129. The van der Waals surface area contributed by atoms with Crippen LogP contribution in [0.5, 0.6) is 0 Å². The van der Waals surface area contributed by atoms with E-state index in [2.05, 4.69) is 0 Å². The molecule has 0 aliphatic rings. The molecule has 0 unspecified atom stereocenters. The minimum Gasteiger partial charge on any atom is -0.351 e. The van der Waals surface area contributed by atoms with Crippen molar-refractivity contribution in [1.82, 2.24) is 9.80 Å². The largest absolute Gasteiger partial charge is 0.351 e. The summed E-state index contributed by atoms with van der Waals surface area (Å²) in [6.07, 6.45) is 3.98. The van der Waals surface area contributed by atoms with Crippen LogP contribution >= 0.6 is 0 Å². The Morgan fingerprint density at radius 3 is 0.974 bits per heavy atom. The van der Waals surface area contributed by atoms with E-state index in [1.807, 2.05) is 41.5 Å². The third-order valence-corrected chi connectivity index (χ3v) is 5.79. The highest BCUT2D eigenvalue weighted by Crippen LogP contribution is 2.22. The Labute approximate surface area is 229 Å². The predicted molar refractivity (Wildman–Crippen MR) is 145 cm³/mol. The van der Waals surface area contributed by atoms with Gasteiger partial charge in [0.15, 0.2) is 0 Å². The van der Waals surface area contributed by atoms with Gasteiger partial charge in [-0.2, -0.15) is 0 Å². The molecule has 0 bridgehead atoms. The highest BCUT2D eigenvalue weighted by molar-refractivity contribution is 5.72. The van der Waals surface area contributed by atoms with Crippen LogP contribution in [-0.4, -0.2) is 99.6 Å². The zero-order chi connectivity index (χ0) is 28.9. The van der Waals surface area contributed by atoms with Crippen LogP contribution in [0.25, 0.3) is 0 Å². The van der Waals surface area contributed by atoms with E-state index in [0.717, 1.165) is 25.7 Å². The van der Waals surface area contributed by atoms with Crippen LogP contribution in [0.1, 0.15) is 80.1 Å². The SMILES string of the molecule is CCOC(CCN(CCCCCCN(CCC(OCC)(OCC)OCC)C(N)=O)C(N)=O)(OCC)OCC. The van der Waals surface area contributed by atoms with E-state index in [-0.39, 0.29) is 0 Å². The maximum Gasteiger partial charge on any atom is 0.314 e. The number of amides is 4. The van der Waals surface area contributed by atoms with Gasteiger partial charge in [-0.05, 0) is 54.4 Å². The molecule has 0 heterocycles. The van der Waals surface area contributed by atoms with E-state index in [1.54, 1.807) is 9.80 Å². The van der Waals surface area contributed by atoms with Gasteiger partial charge in [-0.1, -0.05) is 12.8 Å². The first-order chi connectivity index (χ1) is 18.2. The van der Waals surface area contributed by atoms with E-state index < -0.39 is 24.0 Å². The van der Waals surface area contributed by atoms with Gasteiger partial charge in [0, 0.05) is 78.7 Å². The normalized spacial score (nSPS) is 12.1. The summed E-state index contributed by atoms with van der Waals surface area (Å²) < 4.78 is 34.4. The van der Waals surface area contributed by atoms with Crippen molar-refractivity contribution in [1.29, 1.82) is 0 Å². The molecule has 12 heteroatoms. The Kier molecular flexibility index (Phi) is 20.2. The van der Waals surface area contributed by atoms with E-state index in [9.17, 15) is 9.59 Å². The number of hydrogen-bond acceptors (Lipinski definition) is 8. The molecule has 0 aromatic heterocycles. The molecule has 0 aromatic rings. The fraction of sp³-hybridized carbons (Fsp3) is 0.923. The van der Waals surface area contributed by atoms with Crippen molar-refractivity contribution in [3.8, 4) is 0 Å². The van der Waals surface area contributed by atoms with E-state index in [4.69, 9.17) is 39.9 Å². The van der Waals surface area contributed by atoms with Gasteiger partial charge in [-0.3, -0.25) is 0 Å². The van der Waals surface area contributed by atoms with Gasteiger partial charge in [0.25, 0.3) is 11.9 Å². The second-order valence-electron chi connectivity index (χ2n) is 8.53. The number of ether oxygens (including phenoxy) is 6. The Morgan fingerprint density at radius 1 is 0.500 bits per heavy atom. The minimum absolute atomic E-state index is 0.353. The van der Waals surface area contributed by atoms with Crippen molar-refractivity contribution in [2.24, 2.45) is 11.5 Å². The minimum atomic E-state index is -1.19. The summed E-state index contributed by atoms with van der Waals surface area (Å²) in [7, 11) is 0. The fourth-order valence-corrected chi connectivity index (χ4v) is 4.17. The molecule has 0 aliphatic carbocycles. The van der Waals surface area contributed by atoms with Crippen LogP contribution < -0.4 is 11.5 Å². The molecule has 0 atom stereocenters. The predicted octanol–water partition coefficient (Wildman–Crippen LogP) is 3.62. The lowest BCUT2D eigenvalue weighted by Crippen LogP contribution is -2.45. The van der Waals surface area contributed by atoms with Gasteiger partial charge in [0.05, 0.1) is 0 Å². The third-order valence-electron chi connectivity index (χ3n) is 5.79. The number of carbonyl (C=O) groups excluding carboxylic acids is 2. The smallest absolute Gasteiger partial charge is 0.314 e. The van der Waals surface area contributed by atoms with Crippen molar-refractivity contribution < 1.29 is 38.0 Å². The number of nitrogens with zero attached hydrogens (tertiary/aromatic N) is 2. The lowest BCUT2D eigenvalue weighted by Gasteiger charge is -2.34. The third kappa shape index (κ3) is 14.5. The monoisotopic (exact) mass is 550 g/mol. The van der Waals surface area contributed by atoms with Crippen molar-refractivity contribution in [2.45, 2.75) is 92.0 Å². The van der Waals surface area contributed by atoms with Gasteiger partial charge in [-0.15, -0.1) is 0 Å². The molecule has 0 spiro atoms. The average molecular weight is 551 g/mol. The summed E-state index contributed by atoms with van der Waals surface area (Å²) in [6.45, 7) is 15.4. The molecule has 4 amide bonds. The lowest BCUT2D eigenvalue weighted by molar-refractivity contribution is -0.380. The van der Waals surface area contributed by atoms with Crippen LogP contribution in [0.3, 0.4) is 0 Å². The Hall–Kier alpha value is -1.70. The zero-order valence-corrected chi connectivity index (χ0v) is 24.6. The van der Waals surface area contributed by atoms with Crippen molar-refractivity contribution >= 4 is 12.1 Å². The first-order valence-corrected chi connectivity index (χ1v) is 14.1. The van der Waals surface area contributed by atoms with Gasteiger partial charge >= 0.3 is 12.1 Å². The molecule has 12 nitrogen and oxygen atoms in total. The van der Waals surface area contributed by atoms with Crippen molar-refractivity contribution in [2.75, 3.05) is 65.8 Å². The zero-order valence-electron chi connectivity index (χ0n) is 24.6. The molecule has 0 saturated heterocycles. The summed E-state index contributed by atoms with van der Waals surface area (Å²) in [5.74, 6) is -2.37. The molecular weight excluding hydrogens is 496 g/mol. The maximum absolute atomic E-state index is 12.0. The van der Waals surface area contributed by atoms with Crippen LogP contribution in [0.2, 0.25) is 0 Å². The molecule has 0 saturated carbocycles. The Morgan fingerprint density at radius 2 is 0.763 bits per heavy atom.